The molecule has 0 fully saturated rings. The SMILES string of the molecule is CNC(=O)c1ccc2c(c1)CC(C(C)(C)C)C2. The summed E-state index contributed by atoms with van der Waals surface area (Å²) in [6, 6.07) is 6.11. The number of amides is 1. The topological polar surface area (TPSA) is 29.1 Å². The number of rotatable bonds is 1. The van der Waals surface area contributed by atoms with Crippen molar-refractivity contribution in [2.75, 3.05) is 7.05 Å². The predicted octanol–water partition coefficient (Wildman–Crippen LogP) is 2.81. The van der Waals surface area contributed by atoms with Crippen LogP contribution in [0.4, 0.5) is 0 Å². The van der Waals surface area contributed by atoms with Crippen molar-refractivity contribution in [2.24, 2.45) is 11.3 Å². The van der Waals surface area contributed by atoms with E-state index in [1.165, 1.54) is 11.1 Å². The molecule has 2 heteroatoms. The van der Waals surface area contributed by atoms with Crippen LogP contribution in [0.25, 0.3) is 0 Å². The predicted molar refractivity (Wildman–Crippen MR) is 70.2 cm³/mol. The average Bonchev–Trinajstić information content (AvgIpc) is 2.70. The molecule has 1 amide bonds. The van der Waals surface area contributed by atoms with Gasteiger partial charge in [-0.05, 0) is 47.4 Å². The van der Waals surface area contributed by atoms with Crippen molar-refractivity contribution >= 4 is 5.91 Å². The highest BCUT2D eigenvalue weighted by Crippen LogP contribution is 2.38. The second kappa shape index (κ2) is 4.17. The Morgan fingerprint density at radius 2 is 1.88 bits per heavy atom. The van der Waals surface area contributed by atoms with Crippen LogP contribution in [0.3, 0.4) is 0 Å². The molecular weight excluding hydrogens is 210 g/mol. The molecule has 0 radical (unpaired) electrons. The molecule has 1 aromatic rings. The van der Waals surface area contributed by atoms with Gasteiger partial charge in [0.1, 0.15) is 0 Å². The first-order valence-corrected chi connectivity index (χ1v) is 6.25. The number of carbonyl (C=O) groups excluding carboxylic acids is 1. The van der Waals surface area contributed by atoms with Crippen LogP contribution in [0.2, 0.25) is 0 Å². The maximum Gasteiger partial charge on any atom is 0.251 e. The van der Waals surface area contributed by atoms with Gasteiger partial charge in [-0.15, -0.1) is 0 Å². The van der Waals surface area contributed by atoms with Crippen molar-refractivity contribution in [1.29, 1.82) is 0 Å². The highest BCUT2D eigenvalue weighted by atomic mass is 16.1. The van der Waals surface area contributed by atoms with Gasteiger partial charge >= 0.3 is 0 Å². The minimum atomic E-state index is 0.00649. The summed E-state index contributed by atoms with van der Waals surface area (Å²) >= 11 is 0. The summed E-state index contributed by atoms with van der Waals surface area (Å²) in [7, 11) is 1.67. The fourth-order valence-corrected chi connectivity index (χ4v) is 2.52. The van der Waals surface area contributed by atoms with Crippen LogP contribution in [0.1, 0.15) is 42.3 Å². The van der Waals surface area contributed by atoms with Gasteiger partial charge in [0.2, 0.25) is 0 Å². The number of hydrogen-bond donors (Lipinski definition) is 1. The van der Waals surface area contributed by atoms with Crippen molar-refractivity contribution in [3.63, 3.8) is 0 Å². The molecule has 1 aliphatic rings. The summed E-state index contributed by atoms with van der Waals surface area (Å²) in [6.45, 7) is 6.88. The highest BCUT2D eigenvalue weighted by molar-refractivity contribution is 5.94. The summed E-state index contributed by atoms with van der Waals surface area (Å²) in [6.07, 6.45) is 2.25. The number of nitrogens with one attached hydrogen (secondary N) is 1. The Balaban J connectivity index is 2.25. The Morgan fingerprint density at radius 1 is 1.24 bits per heavy atom. The molecule has 2 rings (SSSR count). The zero-order valence-electron chi connectivity index (χ0n) is 11.1. The van der Waals surface area contributed by atoms with E-state index in [0.717, 1.165) is 18.4 Å². The van der Waals surface area contributed by atoms with Crippen molar-refractivity contribution in [2.45, 2.75) is 33.6 Å². The van der Waals surface area contributed by atoms with E-state index in [1.54, 1.807) is 7.05 Å². The molecule has 1 aliphatic carbocycles. The van der Waals surface area contributed by atoms with E-state index in [4.69, 9.17) is 0 Å². The van der Waals surface area contributed by atoms with E-state index < -0.39 is 0 Å². The molecule has 0 heterocycles. The third-order valence-electron chi connectivity index (χ3n) is 3.85. The third kappa shape index (κ3) is 2.36. The van der Waals surface area contributed by atoms with Crippen LogP contribution in [-0.4, -0.2) is 13.0 Å². The van der Waals surface area contributed by atoms with Gasteiger partial charge in [-0.25, -0.2) is 0 Å². The normalized spacial score (nSPS) is 18.9. The van der Waals surface area contributed by atoms with Crippen LogP contribution in [0.5, 0.6) is 0 Å². The lowest BCUT2D eigenvalue weighted by atomic mass is 9.79. The fraction of sp³-hybridized carbons (Fsp3) is 0.533. The van der Waals surface area contributed by atoms with Crippen LogP contribution < -0.4 is 5.32 Å². The van der Waals surface area contributed by atoms with E-state index in [0.29, 0.717) is 11.3 Å². The standard InChI is InChI=1S/C15H21NO/c1-15(2,3)13-8-10-5-6-11(14(17)16-4)7-12(10)9-13/h5-7,13H,8-9H2,1-4H3,(H,16,17). The number of hydrogen-bond acceptors (Lipinski definition) is 1. The first-order valence-electron chi connectivity index (χ1n) is 6.25. The van der Waals surface area contributed by atoms with Gasteiger partial charge < -0.3 is 5.32 Å². The average molecular weight is 231 g/mol. The van der Waals surface area contributed by atoms with Gasteiger partial charge in [-0.1, -0.05) is 26.8 Å². The lowest BCUT2D eigenvalue weighted by Gasteiger charge is -2.26. The first-order chi connectivity index (χ1) is 7.91. The molecule has 2 nitrogen and oxygen atoms in total. The van der Waals surface area contributed by atoms with E-state index >= 15 is 0 Å². The van der Waals surface area contributed by atoms with Crippen LogP contribution in [-0.2, 0) is 12.8 Å². The Kier molecular flexibility index (Phi) is 2.98. The van der Waals surface area contributed by atoms with E-state index in [-0.39, 0.29) is 5.91 Å². The van der Waals surface area contributed by atoms with Gasteiger partial charge in [0, 0.05) is 12.6 Å². The molecule has 0 aromatic heterocycles. The van der Waals surface area contributed by atoms with Crippen LogP contribution in [0, 0.1) is 11.3 Å². The summed E-state index contributed by atoms with van der Waals surface area (Å²) < 4.78 is 0. The maximum atomic E-state index is 11.6. The zero-order valence-corrected chi connectivity index (χ0v) is 11.1. The highest BCUT2D eigenvalue weighted by Gasteiger charge is 2.31. The largest absolute Gasteiger partial charge is 0.355 e. The maximum absolute atomic E-state index is 11.6. The molecule has 0 saturated heterocycles. The molecule has 1 unspecified atom stereocenters. The molecule has 1 N–H and O–H groups in total. The second-order valence-electron chi connectivity index (χ2n) is 6.03. The summed E-state index contributed by atoms with van der Waals surface area (Å²) in [5.74, 6) is 0.699. The Bertz CT molecular complexity index is 443. The van der Waals surface area contributed by atoms with Crippen LogP contribution in [0.15, 0.2) is 18.2 Å². The summed E-state index contributed by atoms with van der Waals surface area (Å²) in [5, 5.41) is 2.67. The lowest BCUT2D eigenvalue weighted by Crippen LogP contribution is -2.20. The molecule has 0 bridgehead atoms. The molecule has 0 saturated carbocycles. The van der Waals surface area contributed by atoms with Gasteiger partial charge in [0.25, 0.3) is 5.91 Å². The molecular formula is C15H21NO. The van der Waals surface area contributed by atoms with Gasteiger partial charge in [0.15, 0.2) is 0 Å². The van der Waals surface area contributed by atoms with Gasteiger partial charge in [-0.3, -0.25) is 4.79 Å². The third-order valence-corrected chi connectivity index (χ3v) is 3.85. The monoisotopic (exact) mass is 231 g/mol. The van der Waals surface area contributed by atoms with Crippen LogP contribution >= 0.6 is 0 Å². The van der Waals surface area contributed by atoms with Gasteiger partial charge in [-0.2, -0.15) is 0 Å². The molecule has 0 spiro atoms. The Hall–Kier alpha value is -1.31. The van der Waals surface area contributed by atoms with Crippen molar-refractivity contribution < 1.29 is 4.79 Å². The Morgan fingerprint density at radius 3 is 2.47 bits per heavy atom. The molecule has 0 aliphatic heterocycles. The minimum absolute atomic E-state index is 0.00649. The van der Waals surface area contributed by atoms with E-state index in [1.807, 2.05) is 6.07 Å². The smallest absolute Gasteiger partial charge is 0.251 e. The minimum Gasteiger partial charge on any atom is -0.355 e. The van der Waals surface area contributed by atoms with Crippen molar-refractivity contribution in [3.05, 3.63) is 34.9 Å². The van der Waals surface area contributed by atoms with E-state index in [9.17, 15) is 4.79 Å². The number of fused-ring (bicyclic) bond motifs is 1. The van der Waals surface area contributed by atoms with E-state index in [2.05, 4.69) is 38.2 Å². The molecule has 17 heavy (non-hydrogen) atoms. The fourth-order valence-electron chi connectivity index (χ4n) is 2.52. The molecule has 92 valence electrons. The zero-order chi connectivity index (χ0) is 12.6. The molecule has 1 aromatic carbocycles. The Labute approximate surface area is 103 Å². The van der Waals surface area contributed by atoms with Crippen molar-refractivity contribution in [3.8, 4) is 0 Å². The second-order valence-corrected chi connectivity index (χ2v) is 6.03. The first kappa shape index (κ1) is 12.2. The molecule has 1 atom stereocenters. The number of benzene rings is 1. The summed E-state index contributed by atoms with van der Waals surface area (Å²) in [4.78, 5) is 11.6. The van der Waals surface area contributed by atoms with Crippen molar-refractivity contribution in [1.82, 2.24) is 5.32 Å². The lowest BCUT2D eigenvalue weighted by molar-refractivity contribution is 0.0963. The quantitative estimate of drug-likeness (QED) is 0.791. The summed E-state index contributed by atoms with van der Waals surface area (Å²) in [5.41, 5.74) is 3.89. The van der Waals surface area contributed by atoms with Gasteiger partial charge in [0.05, 0.1) is 0 Å². The number of carbonyl (C=O) groups is 1.